The summed E-state index contributed by atoms with van der Waals surface area (Å²) in [6, 6.07) is 0.0629. The Hall–Kier alpha value is -1.39. The molecule has 0 atom stereocenters. The summed E-state index contributed by atoms with van der Waals surface area (Å²) in [6.07, 6.45) is 0.668. The zero-order valence-electron chi connectivity index (χ0n) is 9.97. The number of rotatable bonds is 2. The van der Waals surface area contributed by atoms with E-state index in [-0.39, 0.29) is 23.7 Å². The minimum absolute atomic E-state index is 0.0372. The topological polar surface area (TPSA) is 24.8 Å². The zero-order chi connectivity index (χ0) is 12.3. The number of ether oxygens (including phenoxy) is 1. The first kappa shape index (κ1) is 12.7. The van der Waals surface area contributed by atoms with Crippen LogP contribution >= 0.6 is 0 Å². The molecule has 1 aliphatic rings. The van der Waals surface area contributed by atoms with Gasteiger partial charge in [0.25, 0.3) is 6.02 Å². The van der Waals surface area contributed by atoms with Crippen LogP contribution in [0.4, 0.5) is 8.78 Å². The smallest absolute Gasteiger partial charge is 0.298 e. The van der Waals surface area contributed by atoms with Crippen LogP contribution in [0.3, 0.4) is 0 Å². The number of hydrogen-bond donors (Lipinski definition) is 0. The Bertz CT molecular complexity index is 372. The van der Waals surface area contributed by atoms with E-state index in [0.29, 0.717) is 6.42 Å². The van der Waals surface area contributed by atoms with E-state index in [4.69, 9.17) is 4.74 Å². The fourth-order valence-corrected chi connectivity index (χ4v) is 1.51. The highest BCUT2D eigenvalue weighted by atomic mass is 19.1. The van der Waals surface area contributed by atoms with E-state index in [9.17, 15) is 8.78 Å². The van der Waals surface area contributed by atoms with Crippen molar-refractivity contribution in [1.82, 2.24) is 4.90 Å². The number of halogens is 2. The summed E-state index contributed by atoms with van der Waals surface area (Å²) < 4.78 is 32.7. The molecule has 0 radical (unpaired) electrons. The third kappa shape index (κ3) is 2.08. The maximum absolute atomic E-state index is 13.9. The highest BCUT2D eigenvalue weighted by molar-refractivity contribution is 5.77. The third-order valence-corrected chi connectivity index (χ3v) is 2.45. The Balaban J connectivity index is 3.37. The van der Waals surface area contributed by atoms with E-state index in [1.54, 1.807) is 13.8 Å². The van der Waals surface area contributed by atoms with Crippen LogP contribution in [0.15, 0.2) is 28.0 Å². The summed E-state index contributed by atoms with van der Waals surface area (Å²) in [5.41, 5.74) is 0.253. The third-order valence-electron chi connectivity index (χ3n) is 2.45. The first-order chi connectivity index (χ1) is 7.56. The molecular formula is C11H16F2N2O. The molecule has 0 fully saturated rings. The molecule has 0 unspecified atom stereocenters. The van der Waals surface area contributed by atoms with E-state index in [2.05, 4.69) is 4.99 Å². The molecule has 0 saturated carbocycles. The van der Waals surface area contributed by atoms with Gasteiger partial charge in [-0.15, -0.1) is 0 Å². The van der Waals surface area contributed by atoms with Gasteiger partial charge in [-0.2, -0.15) is 9.38 Å². The van der Waals surface area contributed by atoms with Gasteiger partial charge < -0.3 is 4.74 Å². The molecule has 0 aliphatic carbocycles. The highest BCUT2D eigenvalue weighted by Crippen LogP contribution is 2.30. The Labute approximate surface area is 94.1 Å². The zero-order valence-corrected chi connectivity index (χ0v) is 9.97. The Morgan fingerprint density at radius 3 is 2.31 bits per heavy atom. The molecule has 0 aromatic heterocycles. The van der Waals surface area contributed by atoms with Gasteiger partial charge in [-0.05, 0) is 12.8 Å². The van der Waals surface area contributed by atoms with Gasteiger partial charge in [0.1, 0.15) is 0 Å². The predicted octanol–water partition coefficient (Wildman–Crippen LogP) is 3.12. The van der Waals surface area contributed by atoms with E-state index < -0.39 is 11.8 Å². The minimum Gasteiger partial charge on any atom is -0.468 e. The molecule has 0 aromatic rings. The molecular weight excluding hydrogens is 214 g/mol. The van der Waals surface area contributed by atoms with Crippen molar-refractivity contribution in [3.05, 3.63) is 23.0 Å². The average molecular weight is 230 g/mol. The maximum Gasteiger partial charge on any atom is 0.298 e. The molecule has 0 aromatic carbocycles. The number of hydrogen-bond acceptors (Lipinski definition) is 3. The van der Waals surface area contributed by atoms with Crippen molar-refractivity contribution < 1.29 is 13.5 Å². The summed E-state index contributed by atoms with van der Waals surface area (Å²) >= 11 is 0. The number of methoxy groups -OCH3 is 1. The van der Waals surface area contributed by atoms with Crippen LogP contribution in [0.2, 0.25) is 0 Å². The monoisotopic (exact) mass is 230 g/mol. The molecule has 0 bridgehead atoms. The lowest BCUT2D eigenvalue weighted by Crippen LogP contribution is -2.26. The molecule has 1 heterocycles. The molecule has 5 heteroatoms. The van der Waals surface area contributed by atoms with Gasteiger partial charge in [0.05, 0.1) is 12.8 Å². The van der Waals surface area contributed by atoms with Crippen LogP contribution in [-0.2, 0) is 4.74 Å². The quantitative estimate of drug-likeness (QED) is 0.681. The molecule has 0 saturated heterocycles. The average Bonchev–Trinajstić information content (AvgIpc) is 2.37. The first-order valence-corrected chi connectivity index (χ1v) is 5.20. The van der Waals surface area contributed by atoms with E-state index in [0.717, 1.165) is 4.90 Å². The summed E-state index contributed by atoms with van der Waals surface area (Å²) in [4.78, 5) is 5.08. The van der Waals surface area contributed by atoms with Crippen molar-refractivity contribution in [3.63, 3.8) is 0 Å². The molecule has 1 aliphatic heterocycles. The Kier molecular flexibility index (Phi) is 4.04. The van der Waals surface area contributed by atoms with Gasteiger partial charge in [-0.1, -0.05) is 13.8 Å². The summed E-state index contributed by atoms with van der Waals surface area (Å²) in [7, 11) is 2.84. The summed E-state index contributed by atoms with van der Waals surface area (Å²) in [5, 5.41) is 0. The Morgan fingerprint density at radius 2 is 1.88 bits per heavy atom. The second-order valence-electron chi connectivity index (χ2n) is 3.39. The van der Waals surface area contributed by atoms with Gasteiger partial charge in [-0.25, -0.2) is 4.39 Å². The summed E-state index contributed by atoms with van der Waals surface area (Å²) in [5.74, 6) is -1.23. The van der Waals surface area contributed by atoms with Crippen molar-refractivity contribution in [1.29, 1.82) is 0 Å². The molecule has 90 valence electrons. The number of nitrogens with zero attached hydrogens (tertiary/aromatic N) is 2. The van der Waals surface area contributed by atoms with Crippen LogP contribution < -0.4 is 0 Å². The second-order valence-corrected chi connectivity index (χ2v) is 3.39. The molecule has 0 spiro atoms. The van der Waals surface area contributed by atoms with Crippen molar-refractivity contribution in [3.8, 4) is 0 Å². The fourth-order valence-electron chi connectivity index (χ4n) is 1.51. The van der Waals surface area contributed by atoms with Gasteiger partial charge in [0, 0.05) is 12.6 Å². The molecule has 1 rings (SSSR count). The van der Waals surface area contributed by atoms with Gasteiger partial charge in [-0.3, -0.25) is 4.90 Å². The standard InChI is InChI=1S/C11H16F2N2O/c1-5-7-9(12)8(6-2)14-11(16-4)15(3)10(7)13/h5-6H2,1-4H3. The molecule has 0 N–H and O–H groups in total. The molecule has 0 amide bonds. The van der Waals surface area contributed by atoms with Gasteiger partial charge in [0.2, 0.25) is 5.95 Å². The van der Waals surface area contributed by atoms with Crippen LogP contribution in [-0.4, -0.2) is 25.1 Å². The fraction of sp³-hybridized carbons (Fsp3) is 0.545. The summed E-state index contributed by atoms with van der Waals surface area (Å²) in [6.45, 7) is 3.47. The normalized spacial score (nSPS) is 17.6. The van der Waals surface area contributed by atoms with E-state index >= 15 is 0 Å². The van der Waals surface area contributed by atoms with Crippen molar-refractivity contribution in [2.75, 3.05) is 14.2 Å². The lowest BCUT2D eigenvalue weighted by molar-refractivity contribution is 0.301. The van der Waals surface area contributed by atoms with Crippen molar-refractivity contribution in [2.24, 2.45) is 4.99 Å². The predicted molar refractivity (Wildman–Crippen MR) is 59.1 cm³/mol. The van der Waals surface area contributed by atoms with E-state index in [1.165, 1.54) is 14.2 Å². The molecule has 16 heavy (non-hydrogen) atoms. The lowest BCUT2D eigenvalue weighted by Gasteiger charge is -2.17. The van der Waals surface area contributed by atoms with Crippen LogP contribution in [0.5, 0.6) is 0 Å². The van der Waals surface area contributed by atoms with Gasteiger partial charge in [0.15, 0.2) is 5.83 Å². The Morgan fingerprint density at radius 1 is 1.25 bits per heavy atom. The minimum atomic E-state index is -0.649. The van der Waals surface area contributed by atoms with E-state index in [1.807, 2.05) is 0 Å². The van der Waals surface area contributed by atoms with Crippen LogP contribution in [0.25, 0.3) is 0 Å². The highest BCUT2D eigenvalue weighted by Gasteiger charge is 2.24. The van der Waals surface area contributed by atoms with Crippen molar-refractivity contribution >= 4 is 6.02 Å². The van der Waals surface area contributed by atoms with Crippen LogP contribution in [0, 0.1) is 0 Å². The SMILES string of the molecule is CCC1=C(F)C(CC)=C(F)N(C)C(OC)=N1. The van der Waals surface area contributed by atoms with Gasteiger partial charge >= 0.3 is 0 Å². The van der Waals surface area contributed by atoms with Crippen LogP contribution in [0.1, 0.15) is 26.7 Å². The largest absolute Gasteiger partial charge is 0.468 e. The number of amidine groups is 1. The number of aliphatic imine (C=N–C) groups is 1. The number of allylic oxidation sites excluding steroid dienone is 3. The first-order valence-electron chi connectivity index (χ1n) is 5.20. The maximum atomic E-state index is 13.9. The lowest BCUT2D eigenvalue weighted by atomic mass is 10.1. The second kappa shape index (κ2) is 5.09. The molecule has 3 nitrogen and oxygen atoms in total. The van der Waals surface area contributed by atoms with Crippen molar-refractivity contribution in [2.45, 2.75) is 26.7 Å².